The van der Waals surface area contributed by atoms with Gasteiger partial charge in [-0.1, -0.05) is 36.4 Å². The Kier molecular flexibility index (Phi) is 4.37. The van der Waals surface area contributed by atoms with Crippen molar-refractivity contribution >= 4 is 23.4 Å². The Hall–Kier alpha value is -3.19. The van der Waals surface area contributed by atoms with E-state index in [1.807, 2.05) is 42.5 Å². The largest absolute Gasteiger partial charge is 0.337 e. The number of hydrogen-bond donors (Lipinski definition) is 2. The van der Waals surface area contributed by atoms with Gasteiger partial charge in [-0.25, -0.2) is 0 Å². The summed E-state index contributed by atoms with van der Waals surface area (Å²) in [4.78, 5) is 40.8. The van der Waals surface area contributed by atoms with Crippen LogP contribution in [0.1, 0.15) is 10.4 Å². The van der Waals surface area contributed by atoms with Crippen molar-refractivity contribution in [1.29, 1.82) is 0 Å². The molecule has 27 heavy (non-hydrogen) atoms. The highest BCUT2D eigenvalue weighted by atomic mass is 16.2. The van der Waals surface area contributed by atoms with Gasteiger partial charge in [0.1, 0.15) is 6.04 Å². The highest BCUT2D eigenvalue weighted by Crippen LogP contribution is 2.30. The van der Waals surface area contributed by atoms with Gasteiger partial charge in [0.05, 0.1) is 24.3 Å². The van der Waals surface area contributed by atoms with E-state index in [1.54, 1.807) is 15.9 Å². The van der Waals surface area contributed by atoms with Crippen molar-refractivity contribution in [2.24, 2.45) is 5.73 Å². The Morgan fingerprint density at radius 1 is 1.07 bits per heavy atom. The first-order valence-corrected chi connectivity index (χ1v) is 8.87. The van der Waals surface area contributed by atoms with Crippen molar-refractivity contribution in [3.05, 3.63) is 54.1 Å². The Labute approximate surface area is 156 Å². The average Bonchev–Trinajstić information content (AvgIpc) is 2.82. The smallest absolute Gasteiger partial charge is 0.256 e. The van der Waals surface area contributed by atoms with Gasteiger partial charge in [0, 0.05) is 13.1 Å². The average molecular weight is 364 g/mol. The number of fused-ring (bicyclic) bond motifs is 2. The minimum atomic E-state index is -0.714. The molecule has 0 aliphatic carbocycles. The van der Waals surface area contributed by atoms with Crippen LogP contribution in [0.2, 0.25) is 0 Å². The van der Waals surface area contributed by atoms with Gasteiger partial charge in [0.25, 0.3) is 5.91 Å². The predicted molar refractivity (Wildman–Crippen MR) is 101 cm³/mol. The van der Waals surface area contributed by atoms with E-state index in [-0.39, 0.29) is 30.8 Å². The topological polar surface area (TPSA) is 95.7 Å². The predicted octanol–water partition coefficient (Wildman–Crippen LogP) is 0.917. The summed E-state index contributed by atoms with van der Waals surface area (Å²) in [5.74, 6) is -0.710. The monoisotopic (exact) mass is 364 g/mol. The summed E-state index contributed by atoms with van der Waals surface area (Å²) in [6, 6.07) is 14.5. The Balaban J connectivity index is 1.69. The molecule has 2 heterocycles. The van der Waals surface area contributed by atoms with E-state index < -0.39 is 6.04 Å². The first-order valence-electron chi connectivity index (χ1n) is 8.87. The first-order chi connectivity index (χ1) is 13.1. The first kappa shape index (κ1) is 17.2. The molecule has 1 atom stereocenters. The van der Waals surface area contributed by atoms with Gasteiger partial charge in [0.15, 0.2) is 0 Å². The molecule has 2 aromatic carbocycles. The number of nitrogens with zero attached hydrogens (tertiary/aromatic N) is 2. The fourth-order valence-corrected chi connectivity index (χ4v) is 3.62. The fourth-order valence-electron chi connectivity index (χ4n) is 3.62. The maximum atomic E-state index is 13.2. The molecular weight excluding hydrogens is 344 g/mol. The summed E-state index contributed by atoms with van der Waals surface area (Å²) in [6.45, 7) is 0.729. The van der Waals surface area contributed by atoms with Crippen LogP contribution in [0.15, 0.2) is 48.5 Å². The molecule has 138 valence electrons. The van der Waals surface area contributed by atoms with Crippen molar-refractivity contribution < 1.29 is 14.4 Å². The molecule has 0 aromatic heterocycles. The molecule has 4 rings (SSSR count). The van der Waals surface area contributed by atoms with Crippen molar-refractivity contribution in [2.45, 2.75) is 6.04 Å². The molecule has 1 unspecified atom stereocenters. The molecule has 3 N–H and O–H groups in total. The number of rotatable bonds is 2. The van der Waals surface area contributed by atoms with Gasteiger partial charge in [-0.15, -0.1) is 0 Å². The Morgan fingerprint density at radius 3 is 2.59 bits per heavy atom. The molecule has 2 aliphatic rings. The van der Waals surface area contributed by atoms with Crippen molar-refractivity contribution in [2.75, 3.05) is 31.5 Å². The van der Waals surface area contributed by atoms with Crippen LogP contribution in [0.3, 0.4) is 0 Å². The van der Waals surface area contributed by atoms with Crippen LogP contribution < -0.4 is 11.1 Å². The third-order valence-electron chi connectivity index (χ3n) is 5.09. The molecule has 1 fully saturated rings. The van der Waals surface area contributed by atoms with E-state index in [1.165, 1.54) is 0 Å². The lowest BCUT2D eigenvalue weighted by molar-refractivity contribution is -0.134. The number of piperazine rings is 1. The number of nitrogens with one attached hydrogen (secondary N) is 1. The van der Waals surface area contributed by atoms with E-state index >= 15 is 0 Å². The van der Waals surface area contributed by atoms with Crippen LogP contribution in [0.5, 0.6) is 0 Å². The molecule has 2 aromatic rings. The SMILES string of the molecule is NCC(=O)N1CCN2C(=O)c3cc(-c4ccccc4)ccc3NC(=O)C2C1. The summed E-state index contributed by atoms with van der Waals surface area (Å²) in [6.07, 6.45) is 0. The number of nitrogens with two attached hydrogens (primary N) is 1. The van der Waals surface area contributed by atoms with Gasteiger partial charge in [-0.3, -0.25) is 14.4 Å². The van der Waals surface area contributed by atoms with Crippen molar-refractivity contribution in [3.8, 4) is 11.1 Å². The number of amides is 3. The summed E-state index contributed by atoms with van der Waals surface area (Å²) in [5, 5.41) is 2.84. The zero-order chi connectivity index (χ0) is 19.0. The zero-order valence-electron chi connectivity index (χ0n) is 14.7. The molecule has 0 radical (unpaired) electrons. The summed E-state index contributed by atoms with van der Waals surface area (Å²) >= 11 is 0. The molecule has 0 saturated carbocycles. The van der Waals surface area contributed by atoms with E-state index in [0.717, 1.165) is 11.1 Å². The molecule has 7 nitrogen and oxygen atoms in total. The highest BCUT2D eigenvalue weighted by molar-refractivity contribution is 6.10. The second-order valence-corrected chi connectivity index (χ2v) is 6.67. The molecule has 0 bridgehead atoms. The van der Waals surface area contributed by atoms with Gasteiger partial charge in [-0.05, 0) is 23.3 Å². The van der Waals surface area contributed by atoms with Crippen molar-refractivity contribution in [1.82, 2.24) is 9.80 Å². The van der Waals surface area contributed by atoms with Crippen LogP contribution in [0, 0.1) is 0 Å². The zero-order valence-corrected chi connectivity index (χ0v) is 14.7. The number of carbonyl (C=O) groups excluding carboxylic acids is 3. The fraction of sp³-hybridized carbons (Fsp3) is 0.250. The van der Waals surface area contributed by atoms with E-state index in [0.29, 0.717) is 24.3 Å². The van der Waals surface area contributed by atoms with Crippen molar-refractivity contribution in [3.63, 3.8) is 0 Å². The molecule has 2 aliphatic heterocycles. The van der Waals surface area contributed by atoms with Crippen LogP contribution in [-0.2, 0) is 9.59 Å². The molecule has 3 amide bonds. The number of hydrogen-bond acceptors (Lipinski definition) is 4. The maximum absolute atomic E-state index is 13.2. The Morgan fingerprint density at radius 2 is 1.85 bits per heavy atom. The number of carbonyl (C=O) groups is 3. The van der Waals surface area contributed by atoms with Crippen LogP contribution in [0.4, 0.5) is 5.69 Å². The number of benzene rings is 2. The van der Waals surface area contributed by atoms with Crippen LogP contribution in [0.25, 0.3) is 11.1 Å². The second-order valence-electron chi connectivity index (χ2n) is 6.67. The summed E-state index contributed by atoms with van der Waals surface area (Å²) in [5.41, 5.74) is 8.30. The van der Waals surface area contributed by atoms with Crippen LogP contribution >= 0.6 is 0 Å². The minimum Gasteiger partial charge on any atom is -0.337 e. The molecule has 7 heteroatoms. The summed E-state index contributed by atoms with van der Waals surface area (Å²) < 4.78 is 0. The lowest BCUT2D eigenvalue weighted by Gasteiger charge is -2.39. The van der Waals surface area contributed by atoms with E-state index in [9.17, 15) is 14.4 Å². The standard InChI is InChI=1S/C20H20N4O3/c21-11-18(25)23-8-9-24-17(12-23)19(26)22-16-7-6-14(10-15(16)20(24)27)13-4-2-1-3-5-13/h1-7,10,17H,8-9,11-12,21H2,(H,22,26). The van der Waals surface area contributed by atoms with Gasteiger partial charge in [0.2, 0.25) is 11.8 Å². The normalized spacial score (nSPS) is 19.1. The molecule has 1 saturated heterocycles. The lowest BCUT2D eigenvalue weighted by atomic mass is 10.0. The van der Waals surface area contributed by atoms with Gasteiger partial charge in [-0.2, -0.15) is 0 Å². The van der Waals surface area contributed by atoms with Gasteiger partial charge < -0.3 is 20.9 Å². The Bertz CT molecular complexity index is 913. The maximum Gasteiger partial charge on any atom is 0.256 e. The quantitative estimate of drug-likeness (QED) is 0.828. The molecular formula is C20H20N4O3. The lowest BCUT2D eigenvalue weighted by Crippen LogP contribution is -2.60. The third kappa shape index (κ3) is 3.06. The minimum absolute atomic E-state index is 0.108. The van der Waals surface area contributed by atoms with Crippen LogP contribution in [-0.4, -0.2) is 59.7 Å². The second kappa shape index (κ2) is 6.85. The highest BCUT2D eigenvalue weighted by Gasteiger charge is 2.40. The van der Waals surface area contributed by atoms with Gasteiger partial charge >= 0.3 is 0 Å². The summed E-state index contributed by atoms with van der Waals surface area (Å²) in [7, 11) is 0. The van der Waals surface area contributed by atoms with E-state index in [4.69, 9.17) is 5.73 Å². The van der Waals surface area contributed by atoms with E-state index in [2.05, 4.69) is 5.32 Å². The third-order valence-corrected chi connectivity index (χ3v) is 5.09. The molecule has 0 spiro atoms. The number of anilines is 1.